The van der Waals surface area contributed by atoms with Crippen LogP contribution in [0.5, 0.6) is 0 Å². The first-order valence-corrected chi connectivity index (χ1v) is 6.74. The van der Waals surface area contributed by atoms with Crippen molar-refractivity contribution in [1.29, 1.82) is 0 Å². The highest BCUT2D eigenvalue weighted by Crippen LogP contribution is 2.34. The molecule has 94 valence electrons. The number of carboxylic acid groups (broad SMARTS) is 1. The molecule has 0 radical (unpaired) electrons. The van der Waals surface area contributed by atoms with Crippen molar-refractivity contribution in [2.45, 2.75) is 25.7 Å². The number of sulfone groups is 1. The second-order valence-corrected chi connectivity index (χ2v) is 6.61. The van der Waals surface area contributed by atoms with Crippen LogP contribution < -0.4 is 0 Å². The van der Waals surface area contributed by atoms with Gasteiger partial charge < -0.3 is 5.11 Å². The molecule has 0 saturated carbocycles. The Morgan fingerprint density at radius 2 is 2.06 bits per heavy atom. The third kappa shape index (κ3) is 3.70. The van der Waals surface area contributed by atoms with Crippen LogP contribution in [0.25, 0.3) is 0 Å². The fourth-order valence-corrected chi connectivity index (χ4v) is 3.79. The van der Waals surface area contributed by atoms with Crippen LogP contribution in [0, 0.1) is 11.8 Å². The molecule has 0 aromatic rings. The summed E-state index contributed by atoms with van der Waals surface area (Å²) in [6.07, 6.45) is -0.567. The van der Waals surface area contributed by atoms with Crippen molar-refractivity contribution in [2.24, 2.45) is 11.8 Å². The van der Waals surface area contributed by atoms with Crippen molar-refractivity contribution in [3.63, 3.8) is 0 Å². The van der Waals surface area contributed by atoms with Crippen LogP contribution in [0.3, 0.4) is 0 Å². The van der Waals surface area contributed by atoms with E-state index in [9.17, 15) is 22.0 Å². The Bertz CT molecular complexity index is 371. The molecular formula is C9H14F2O4S. The average molecular weight is 256 g/mol. The van der Waals surface area contributed by atoms with E-state index in [1.807, 2.05) is 0 Å². The van der Waals surface area contributed by atoms with Crippen molar-refractivity contribution in [1.82, 2.24) is 0 Å². The highest BCUT2D eigenvalue weighted by molar-refractivity contribution is 7.91. The zero-order chi connectivity index (χ0) is 12.6. The van der Waals surface area contributed by atoms with Crippen molar-refractivity contribution < 1.29 is 27.1 Å². The molecule has 0 amide bonds. The number of halogens is 2. The van der Waals surface area contributed by atoms with Crippen molar-refractivity contribution >= 4 is 15.8 Å². The third-order valence-corrected chi connectivity index (χ3v) is 4.46. The van der Waals surface area contributed by atoms with E-state index in [1.165, 1.54) is 0 Å². The van der Waals surface area contributed by atoms with Gasteiger partial charge in [0, 0.05) is 6.42 Å². The second-order valence-electron chi connectivity index (χ2n) is 4.38. The van der Waals surface area contributed by atoms with Gasteiger partial charge in [-0.1, -0.05) is 0 Å². The topological polar surface area (TPSA) is 71.4 Å². The van der Waals surface area contributed by atoms with E-state index in [1.54, 1.807) is 0 Å². The number of hydrogen-bond donors (Lipinski definition) is 1. The molecule has 2 atom stereocenters. The number of aliphatic carboxylic acids is 1. The molecule has 0 spiro atoms. The Balaban J connectivity index is 2.81. The van der Waals surface area contributed by atoms with Gasteiger partial charge in [-0.25, -0.2) is 17.2 Å². The fourth-order valence-electron chi connectivity index (χ4n) is 2.00. The molecule has 0 aliphatic carbocycles. The Labute approximate surface area is 92.6 Å². The summed E-state index contributed by atoms with van der Waals surface area (Å²) in [6, 6.07) is 0. The van der Waals surface area contributed by atoms with E-state index in [-0.39, 0.29) is 12.2 Å². The first-order valence-electron chi connectivity index (χ1n) is 4.92. The SMILES string of the molecule is CC(F)(F)CC1CCS(=O)(=O)CC1C(=O)O. The maximum absolute atomic E-state index is 12.8. The number of carbonyl (C=O) groups is 1. The molecule has 0 aromatic heterocycles. The summed E-state index contributed by atoms with van der Waals surface area (Å²) in [6.45, 7) is 0.717. The maximum Gasteiger partial charge on any atom is 0.307 e. The van der Waals surface area contributed by atoms with Crippen LogP contribution in [0.15, 0.2) is 0 Å². The van der Waals surface area contributed by atoms with Gasteiger partial charge in [0.25, 0.3) is 0 Å². The first kappa shape index (κ1) is 13.3. The monoisotopic (exact) mass is 256 g/mol. The number of hydrogen-bond acceptors (Lipinski definition) is 3. The van der Waals surface area contributed by atoms with Gasteiger partial charge in [0.2, 0.25) is 5.92 Å². The number of alkyl halides is 2. The third-order valence-electron chi connectivity index (χ3n) is 2.74. The van der Waals surface area contributed by atoms with Crippen molar-refractivity contribution in [3.05, 3.63) is 0 Å². The highest BCUT2D eigenvalue weighted by atomic mass is 32.2. The molecule has 1 N–H and O–H groups in total. The van der Waals surface area contributed by atoms with Gasteiger partial charge >= 0.3 is 5.97 Å². The van der Waals surface area contributed by atoms with Crippen molar-refractivity contribution in [2.75, 3.05) is 11.5 Å². The molecule has 1 rings (SSSR count). The minimum absolute atomic E-state index is 0.00271. The Morgan fingerprint density at radius 3 is 2.50 bits per heavy atom. The van der Waals surface area contributed by atoms with Crippen LogP contribution in [-0.2, 0) is 14.6 Å². The molecule has 16 heavy (non-hydrogen) atoms. The lowest BCUT2D eigenvalue weighted by Gasteiger charge is -2.30. The van der Waals surface area contributed by atoms with Gasteiger partial charge in [0.15, 0.2) is 9.84 Å². The molecule has 2 unspecified atom stereocenters. The van der Waals surface area contributed by atoms with Crippen LogP contribution in [-0.4, -0.2) is 36.9 Å². The lowest BCUT2D eigenvalue weighted by atomic mass is 9.86. The van der Waals surface area contributed by atoms with E-state index >= 15 is 0 Å². The van der Waals surface area contributed by atoms with Crippen LogP contribution in [0.4, 0.5) is 8.78 Å². The predicted octanol–water partition coefficient (Wildman–Crippen LogP) is 1.17. The standard InChI is InChI=1S/C9H14F2O4S/c1-9(10,11)4-6-2-3-16(14,15)5-7(6)8(12)13/h6-7H,2-5H2,1H3,(H,12,13). The maximum atomic E-state index is 12.8. The van der Waals surface area contributed by atoms with Gasteiger partial charge in [-0.15, -0.1) is 0 Å². The molecule has 0 bridgehead atoms. The fraction of sp³-hybridized carbons (Fsp3) is 0.889. The van der Waals surface area contributed by atoms with E-state index in [2.05, 4.69) is 0 Å². The van der Waals surface area contributed by atoms with E-state index in [0.29, 0.717) is 0 Å². The molecule has 7 heteroatoms. The van der Waals surface area contributed by atoms with Crippen LogP contribution in [0.1, 0.15) is 19.8 Å². The lowest BCUT2D eigenvalue weighted by Crippen LogP contribution is -2.39. The summed E-state index contributed by atoms with van der Waals surface area (Å²) in [5.74, 6) is -6.96. The summed E-state index contributed by atoms with van der Waals surface area (Å²) < 4.78 is 48.0. The quantitative estimate of drug-likeness (QED) is 0.822. The first-order chi connectivity index (χ1) is 7.11. The second kappa shape index (κ2) is 4.27. The zero-order valence-electron chi connectivity index (χ0n) is 8.82. The minimum atomic E-state index is -3.39. The summed E-state index contributed by atoms with van der Waals surface area (Å²) in [5, 5.41) is 8.83. The Morgan fingerprint density at radius 1 is 1.50 bits per heavy atom. The summed E-state index contributed by atoms with van der Waals surface area (Å²) in [4.78, 5) is 10.8. The molecule has 1 heterocycles. The number of rotatable bonds is 3. The average Bonchev–Trinajstić information content (AvgIpc) is 2.05. The summed E-state index contributed by atoms with van der Waals surface area (Å²) in [7, 11) is -3.39. The van der Waals surface area contributed by atoms with Crippen LogP contribution in [0.2, 0.25) is 0 Å². The largest absolute Gasteiger partial charge is 0.481 e. The normalized spacial score (nSPS) is 29.9. The zero-order valence-corrected chi connectivity index (χ0v) is 9.64. The molecule has 0 aromatic carbocycles. The van der Waals surface area contributed by atoms with Gasteiger partial charge in [0.1, 0.15) is 0 Å². The minimum Gasteiger partial charge on any atom is -0.481 e. The van der Waals surface area contributed by atoms with Crippen molar-refractivity contribution in [3.8, 4) is 0 Å². The summed E-state index contributed by atoms with van der Waals surface area (Å²) in [5.41, 5.74) is 0. The van der Waals surface area contributed by atoms with Gasteiger partial charge in [-0.05, 0) is 19.3 Å². The highest BCUT2D eigenvalue weighted by Gasteiger charge is 2.41. The Kier molecular flexibility index (Phi) is 3.56. The summed E-state index contributed by atoms with van der Waals surface area (Å²) >= 11 is 0. The van der Waals surface area contributed by atoms with Gasteiger partial charge in [0.05, 0.1) is 17.4 Å². The Hall–Kier alpha value is -0.720. The van der Waals surface area contributed by atoms with E-state index < -0.39 is 45.7 Å². The van der Waals surface area contributed by atoms with Gasteiger partial charge in [-0.3, -0.25) is 4.79 Å². The predicted molar refractivity (Wildman–Crippen MR) is 53.1 cm³/mol. The molecule has 1 aliphatic rings. The molecular weight excluding hydrogens is 242 g/mol. The molecule has 1 fully saturated rings. The lowest BCUT2D eigenvalue weighted by molar-refractivity contribution is -0.144. The molecule has 1 saturated heterocycles. The van der Waals surface area contributed by atoms with E-state index in [0.717, 1.165) is 6.92 Å². The molecule has 4 nitrogen and oxygen atoms in total. The number of carboxylic acids is 1. The smallest absolute Gasteiger partial charge is 0.307 e. The van der Waals surface area contributed by atoms with Gasteiger partial charge in [-0.2, -0.15) is 0 Å². The van der Waals surface area contributed by atoms with Crippen LogP contribution >= 0.6 is 0 Å². The molecule has 1 aliphatic heterocycles. The van der Waals surface area contributed by atoms with E-state index in [4.69, 9.17) is 5.11 Å².